The molecule has 0 heterocycles. The third-order valence-corrected chi connectivity index (χ3v) is 3.10. The van der Waals surface area contributed by atoms with E-state index in [0.29, 0.717) is 6.42 Å². The normalized spacial score (nSPS) is 15.9. The fourth-order valence-electron chi connectivity index (χ4n) is 1.35. The molecule has 0 atom stereocenters. The van der Waals surface area contributed by atoms with Crippen molar-refractivity contribution in [1.82, 2.24) is 0 Å². The van der Waals surface area contributed by atoms with Crippen LogP contribution in [0.4, 0.5) is 8.78 Å². The fraction of sp³-hybridized carbons (Fsp3) is 0.167. The van der Waals surface area contributed by atoms with E-state index in [0.717, 1.165) is 16.2 Å². The van der Waals surface area contributed by atoms with Crippen LogP contribution in [0.1, 0.15) is 12.8 Å². The number of rotatable bonds is 2. The lowest BCUT2D eigenvalue weighted by Crippen LogP contribution is -1.85. The minimum atomic E-state index is -0.251. The van der Waals surface area contributed by atoms with Crippen LogP contribution >= 0.6 is 11.8 Å². The minimum Gasteiger partial charge on any atom is -0.212 e. The Balaban J connectivity index is 2.09. The van der Waals surface area contributed by atoms with Crippen LogP contribution in [0.25, 0.3) is 0 Å². The van der Waals surface area contributed by atoms with Gasteiger partial charge in [0.1, 0.15) is 11.6 Å². The Bertz CT molecular complexity index is 404. The topological polar surface area (TPSA) is 0 Å². The van der Waals surface area contributed by atoms with Crippen LogP contribution in [0.2, 0.25) is 0 Å². The highest BCUT2D eigenvalue weighted by molar-refractivity contribution is 8.03. The first-order valence-corrected chi connectivity index (χ1v) is 5.55. The largest absolute Gasteiger partial charge is 0.212 e. The molecule has 0 amide bonds. The third-order valence-electron chi connectivity index (χ3n) is 2.08. The van der Waals surface area contributed by atoms with E-state index in [9.17, 15) is 8.78 Å². The molecule has 0 saturated heterocycles. The van der Waals surface area contributed by atoms with Gasteiger partial charge in [-0.25, -0.2) is 8.78 Å². The molecule has 15 heavy (non-hydrogen) atoms. The Morgan fingerprint density at radius 3 is 2.47 bits per heavy atom. The van der Waals surface area contributed by atoms with Gasteiger partial charge in [0.25, 0.3) is 0 Å². The Morgan fingerprint density at radius 1 is 1.07 bits per heavy atom. The molecule has 2 rings (SSSR count). The minimum absolute atomic E-state index is 0.0814. The zero-order valence-electron chi connectivity index (χ0n) is 8.04. The maximum absolute atomic E-state index is 12.9. The van der Waals surface area contributed by atoms with E-state index in [4.69, 9.17) is 0 Å². The van der Waals surface area contributed by atoms with Crippen molar-refractivity contribution in [3.8, 4) is 0 Å². The van der Waals surface area contributed by atoms with E-state index >= 15 is 0 Å². The van der Waals surface area contributed by atoms with Crippen LogP contribution in [0.15, 0.2) is 52.0 Å². The highest BCUT2D eigenvalue weighted by Crippen LogP contribution is 2.32. The lowest BCUT2D eigenvalue weighted by molar-refractivity contribution is 0.587. The van der Waals surface area contributed by atoms with Gasteiger partial charge >= 0.3 is 0 Å². The summed E-state index contributed by atoms with van der Waals surface area (Å²) in [6.45, 7) is 0. The first-order valence-electron chi connectivity index (χ1n) is 4.74. The molecule has 0 aliphatic heterocycles. The Hall–Kier alpha value is -1.09. The van der Waals surface area contributed by atoms with E-state index in [-0.39, 0.29) is 11.6 Å². The van der Waals surface area contributed by atoms with Crippen LogP contribution in [0.5, 0.6) is 0 Å². The maximum Gasteiger partial charge on any atom is 0.123 e. The van der Waals surface area contributed by atoms with Crippen LogP contribution in [-0.2, 0) is 0 Å². The molecule has 0 bridgehead atoms. The molecule has 0 N–H and O–H groups in total. The molecule has 1 aliphatic rings. The summed E-state index contributed by atoms with van der Waals surface area (Å²) in [7, 11) is 0. The predicted molar refractivity (Wildman–Crippen MR) is 58.8 cm³/mol. The molecular weight excluding hydrogens is 214 g/mol. The van der Waals surface area contributed by atoms with Crippen molar-refractivity contribution in [3.05, 3.63) is 53.0 Å². The average molecular weight is 224 g/mol. The number of halogens is 2. The molecule has 0 radical (unpaired) electrons. The van der Waals surface area contributed by atoms with Crippen molar-refractivity contribution < 1.29 is 8.78 Å². The maximum atomic E-state index is 12.9. The molecule has 1 aromatic rings. The number of benzene rings is 1. The van der Waals surface area contributed by atoms with E-state index in [1.165, 1.54) is 30.0 Å². The van der Waals surface area contributed by atoms with Gasteiger partial charge in [-0.2, -0.15) is 0 Å². The van der Waals surface area contributed by atoms with Gasteiger partial charge in [-0.1, -0.05) is 17.8 Å². The zero-order chi connectivity index (χ0) is 10.7. The first kappa shape index (κ1) is 10.4. The molecule has 78 valence electrons. The predicted octanol–water partition coefficient (Wildman–Crippen LogP) is 4.45. The summed E-state index contributed by atoms with van der Waals surface area (Å²) in [6, 6.07) is 6.21. The molecule has 1 aliphatic carbocycles. The monoisotopic (exact) mass is 224 g/mol. The molecule has 3 heteroatoms. The molecule has 0 nitrogen and oxygen atoms in total. The fourth-order valence-corrected chi connectivity index (χ4v) is 2.28. The van der Waals surface area contributed by atoms with Crippen LogP contribution < -0.4 is 0 Å². The van der Waals surface area contributed by atoms with Gasteiger partial charge in [0.05, 0.1) is 0 Å². The second-order valence-electron chi connectivity index (χ2n) is 3.29. The Labute approximate surface area is 91.7 Å². The van der Waals surface area contributed by atoms with Gasteiger partial charge in [-0.05, 0) is 36.8 Å². The van der Waals surface area contributed by atoms with Crippen molar-refractivity contribution in [1.29, 1.82) is 0 Å². The first-order chi connectivity index (χ1) is 7.24. The zero-order valence-corrected chi connectivity index (χ0v) is 8.86. The molecular formula is C12H10F2S. The third kappa shape index (κ3) is 2.93. The van der Waals surface area contributed by atoms with Gasteiger partial charge in [0.15, 0.2) is 0 Å². The van der Waals surface area contributed by atoms with Gasteiger partial charge < -0.3 is 0 Å². The Morgan fingerprint density at radius 2 is 1.80 bits per heavy atom. The highest BCUT2D eigenvalue weighted by Gasteiger charge is 2.06. The molecule has 0 unspecified atom stereocenters. The summed E-state index contributed by atoms with van der Waals surface area (Å²) in [4.78, 5) is 1.82. The van der Waals surface area contributed by atoms with Crippen molar-refractivity contribution in [2.45, 2.75) is 17.7 Å². The van der Waals surface area contributed by atoms with E-state index in [1.807, 2.05) is 6.08 Å². The quantitative estimate of drug-likeness (QED) is 0.715. The molecule has 1 aromatic carbocycles. The average Bonchev–Trinajstić information content (AvgIpc) is 2.22. The molecule has 0 fully saturated rings. The van der Waals surface area contributed by atoms with Crippen LogP contribution in [0, 0.1) is 5.82 Å². The number of allylic oxidation sites excluding steroid dienone is 3. The van der Waals surface area contributed by atoms with E-state index in [1.54, 1.807) is 12.1 Å². The van der Waals surface area contributed by atoms with Crippen molar-refractivity contribution >= 4 is 11.8 Å². The Kier molecular flexibility index (Phi) is 3.21. The van der Waals surface area contributed by atoms with Gasteiger partial charge in [-0.15, -0.1) is 0 Å². The molecule has 0 spiro atoms. The lowest BCUT2D eigenvalue weighted by Gasteiger charge is -2.07. The molecule has 0 saturated carbocycles. The lowest BCUT2D eigenvalue weighted by atomic mass is 10.2. The summed E-state index contributed by atoms with van der Waals surface area (Å²) in [5.41, 5.74) is 0. The second-order valence-corrected chi connectivity index (χ2v) is 4.44. The van der Waals surface area contributed by atoms with Gasteiger partial charge in [0.2, 0.25) is 0 Å². The number of thioether (sulfide) groups is 1. The number of hydrogen-bond acceptors (Lipinski definition) is 1. The summed E-state index contributed by atoms with van der Waals surface area (Å²) in [5.74, 6) is -0.333. The van der Waals surface area contributed by atoms with Gasteiger partial charge in [-0.3, -0.25) is 0 Å². The SMILES string of the molecule is FC1=CC(Sc2ccc(F)cc2)=CCC1. The van der Waals surface area contributed by atoms with Gasteiger partial charge in [0, 0.05) is 16.2 Å². The summed E-state index contributed by atoms with van der Waals surface area (Å²) < 4.78 is 25.6. The van der Waals surface area contributed by atoms with Crippen molar-refractivity contribution in [3.63, 3.8) is 0 Å². The summed E-state index contributed by atoms with van der Waals surface area (Å²) in [5, 5.41) is 0. The van der Waals surface area contributed by atoms with Crippen molar-refractivity contribution in [2.24, 2.45) is 0 Å². The summed E-state index contributed by atoms with van der Waals surface area (Å²) in [6.07, 6.45) is 4.77. The summed E-state index contributed by atoms with van der Waals surface area (Å²) >= 11 is 1.46. The van der Waals surface area contributed by atoms with Crippen LogP contribution in [0.3, 0.4) is 0 Å². The van der Waals surface area contributed by atoms with Crippen molar-refractivity contribution in [2.75, 3.05) is 0 Å². The van der Waals surface area contributed by atoms with E-state index in [2.05, 4.69) is 0 Å². The standard InChI is InChI=1S/C12H10F2S/c13-9-4-6-11(7-5-9)15-12-3-1-2-10(14)8-12/h3-8H,1-2H2. The number of hydrogen-bond donors (Lipinski definition) is 0. The molecule has 0 aromatic heterocycles. The van der Waals surface area contributed by atoms with E-state index < -0.39 is 0 Å². The second kappa shape index (κ2) is 4.62. The highest BCUT2D eigenvalue weighted by atomic mass is 32.2. The van der Waals surface area contributed by atoms with Crippen LogP contribution in [-0.4, -0.2) is 0 Å². The smallest absolute Gasteiger partial charge is 0.123 e.